The van der Waals surface area contributed by atoms with Crippen molar-refractivity contribution in [1.82, 2.24) is 4.57 Å². The van der Waals surface area contributed by atoms with Gasteiger partial charge >= 0.3 is 18.6 Å². The van der Waals surface area contributed by atoms with Crippen LogP contribution in [0.2, 0.25) is 0 Å². The third-order valence-corrected chi connectivity index (χ3v) is 5.06. The highest BCUT2D eigenvalue weighted by atomic mass is 19.4. The van der Waals surface area contributed by atoms with Gasteiger partial charge in [-0.2, -0.15) is 0 Å². The van der Waals surface area contributed by atoms with Crippen LogP contribution in [0.15, 0.2) is 53.5 Å². The topological polar surface area (TPSA) is 141 Å². The van der Waals surface area contributed by atoms with Crippen molar-refractivity contribution in [2.75, 3.05) is 0 Å². The van der Waals surface area contributed by atoms with Crippen molar-refractivity contribution in [3.63, 3.8) is 0 Å². The van der Waals surface area contributed by atoms with Gasteiger partial charge in [-0.3, -0.25) is 24.2 Å². The first-order chi connectivity index (χ1) is 16.4. The Balaban J connectivity index is 1.79. The minimum Gasteiger partial charge on any atom is -0.506 e. The van der Waals surface area contributed by atoms with Crippen LogP contribution in [-0.2, 0) is 9.53 Å². The van der Waals surface area contributed by atoms with E-state index in [0.29, 0.717) is 10.8 Å². The molecule has 0 radical (unpaired) electrons. The Labute approximate surface area is 191 Å². The molecule has 0 saturated heterocycles. The van der Waals surface area contributed by atoms with Crippen LogP contribution < -0.4 is 10.3 Å². The number of hydrogen-bond donors (Lipinski definition) is 2. The lowest BCUT2D eigenvalue weighted by Crippen LogP contribution is -2.26. The molecule has 35 heavy (non-hydrogen) atoms. The molecule has 0 bridgehead atoms. The number of alkyl halides is 3. The predicted molar refractivity (Wildman–Crippen MR) is 107 cm³/mol. The molecule has 0 amide bonds. The molecular formula is C21H12F4N2O8. The number of hydrogen-bond acceptors (Lipinski definition) is 7. The molecule has 3 aromatic rings. The molecule has 0 saturated carbocycles. The van der Waals surface area contributed by atoms with Gasteiger partial charge in [0, 0.05) is 0 Å². The van der Waals surface area contributed by atoms with Gasteiger partial charge in [-0.05, 0) is 35.4 Å². The number of aromatic nitrogens is 1. The quantitative estimate of drug-likeness (QED) is 0.310. The first-order valence-electron chi connectivity index (χ1n) is 9.53. The highest BCUT2D eigenvalue weighted by Crippen LogP contribution is 2.42. The van der Waals surface area contributed by atoms with Crippen molar-refractivity contribution in [3.8, 4) is 28.3 Å². The van der Waals surface area contributed by atoms with Crippen LogP contribution >= 0.6 is 0 Å². The summed E-state index contributed by atoms with van der Waals surface area (Å²) in [5, 5.41) is 30.8. The fourth-order valence-electron chi connectivity index (χ4n) is 3.68. The Hall–Kier alpha value is -4.46. The zero-order chi connectivity index (χ0) is 25.7. The first-order valence-corrected chi connectivity index (χ1v) is 9.53. The van der Waals surface area contributed by atoms with Gasteiger partial charge < -0.3 is 14.9 Å². The summed E-state index contributed by atoms with van der Waals surface area (Å²) in [6.07, 6.45) is -8.45. The van der Waals surface area contributed by atoms with Crippen LogP contribution in [-0.4, -0.2) is 32.0 Å². The molecule has 1 aliphatic rings. The molecule has 2 atom stereocenters. The summed E-state index contributed by atoms with van der Waals surface area (Å²) >= 11 is 0. The Kier molecular flexibility index (Phi) is 5.68. The molecule has 182 valence electrons. The average molecular weight is 496 g/mol. The third-order valence-electron chi connectivity index (χ3n) is 5.06. The highest BCUT2D eigenvalue weighted by Gasteiger charge is 2.48. The van der Waals surface area contributed by atoms with Crippen LogP contribution in [0.4, 0.5) is 17.6 Å². The third kappa shape index (κ3) is 4.38. The molecule has 0 spiro atoms. The van der Waals surface area contributed by atoms with Crippen LogP contribution in [0.5, 0.6) is 11.5 Å². The summed E-state index contributed by atoms with van der Waals surface area (Å²) in [4.78, 5) is 34.7. The van der Waals surface area contributed by atoms with E-state index in [-0.39, 0.29) is 11.1 Å². The number of carboxylic acids is 1. The zero-order valence-corrected chi connectivity index (χ0v) is 17.0. The van der Waals surface area contributed by atoms with Crippen LogP contribution in [0.3, 0.4) is 0 Å². The van der Waals surface area contributed by atoms with Gasteiger partial charge in [0.1, 0.15) is 22.9 Å². The van der Waals surface area contributed by atoms with Gasteiger partial charge in [0.05, 0.1) is 22.4 Å². The summed E-state index contributed by atoms with van der Waals surface area (Å²) < 4.78 is 61.6. The van der Waals surface area contributed by atoms with Crippen LogP contribution in [0.1, 0.15) is 23.5 Å². The molecule has 0 fully saturated rings. The fraction of sp³-hybridized carbons (Fsp3) is 0.143. The first kappa shape index (κ1) is 23.7. The van der Waals surface area contributed by atoms with E-state index in [9.17, 15) is 43.1 Å². The molecular weight excluding hydrogens is 484 g/mol. The van der Waals surface area contributed by atoms with Gasteiger partial charge in [0.2, 0.25) is 0 Å². The number of carboxylic acid groups (broad SMARTS) is 1. The lowest BCUT2D eigenvalue weighted by Gasteiger charge is -2.13. The van der Waals surface area contributed by atoms with E-state index >= 15 is 4.39 Å². The number of aliphatic carboxylic acids is 1. The molecule has 10 nitrogen and oxygen atoms in total. The number of pyridine rings is 1. The number of carbonyl (C=O) groups is 1. The number of fused-ring (bicyclic) bond motifs is 1. The average Bonchev–Trinajstić information content (AvgIpc) is 3.18. The van der Waals surface area contributed by atoms with Gasteiger partial charge in [-0.15, -0.1) is 13.2 Å². The molecule has 1 aromatic heterocycles. The maximum Gasteiger partial charge on any atom is 0.573 e. The number of nitrogens with zero attached hydrogens (tertiary/aromatic N) is 2. The standard InChI is InChI=1S/C21H12F4N2O8/c22-12-7-10(9-2-1-3-11(6-9)35-21(23,24)25)4-5-13(12)26-8-14(28)15-16(18(26)29)17(20(30)31)34-19(15)27(32)33/h1-8,17,19,28H,(H,30,31). The Morgan fingerprint density at radius 1 is 1.14 bits per heavy atom. The molecule has 14 heteroatoms. The van der Waals surface area contributed by atoms with Crippen LogP contribution in [0.25, 0.3) is 16.8 Å². The smallest absolute Gasteiger partial charge is 0.506 e. The van der Waals surface area contributed by atoms with E-state index in [1.165, 1.54) is 18.2 Å². The van der Waals surface area contributed by atoms with E-state index in [1.807, 2.05) is 0 Å². The van der Waals surface area contributed by atoms with Crippen molar-refractivity contribution in [1.29, 1.82) is 0 Å². The zero-order valence-electron chi connectivity index (χ0n) is 17.0. The lowest BCUT2D eigenvalue weighted by atomic mass is 10.0. The normalized spacial score (nSPS) is 17.1. The van der Waals surface area contributed by atoms with E-state index in [4.69, 9.17) is 4.74 Å². The molecule has 2 aromatic carbocycles. The predicted octanol–water partition coefficient (Wildman–Crippen LogP) is 3.68. The number of ether oxygens (including phenoxy) is 2. The maximum absolute atomic E-state index is 15.0. The minimum atomic E-state index is -4.93. The monoisotopic (exact) mass is 496 g/mol. The van der Waals surface area contributed by atoms with Crippen molar-refractivity contribution < 1.29 is 47.0 Å². The number of halogens is 4. The number of aromatic hydroxyl groups is 1. The summed E-state index contributed by atoms with van der Waals surface area (Å²) in [6, 6.07) is 7.92. The summed E-state index contributed by atoms with van der Waals surface area (Å²) in [5.74, 6) is -4.21. The number of nitro groups is 1. The molecule has 2 unspecified atom stereocenters. The second-order valence-electron chi connectivity index (χ2n) is 7.25. The Morgan fingerprint density at radius 3 is 2.43 bits per heavy atom. The SMILES string of the molecule is O=C(O)C1OC([N+](=O)[O-])c2c(O)cn(-c3ccc(-c4cccc(OC(F)(F)F)c4)cc3F)c(=O)c21. The van der Waals surface area contributed by atoms with Crippen LogP contribution in [0, 0.1) is 15.9 Å². The van der Waals surface area contributed by atoms with Gasteiger partial charge in [0.15, 0.2) is 6.10 Å². The van der Waals surface area contributed by atoms with E-state index in [0.717, 1.165) is 24.3 Å². The number of benzene rings is 2. The summed E-state index contributed by atoms with van der Waals surface area (Å²) in [5.41, 5.74) is -2.77. The lowest BCUT2D eigenvalue weighted by molar-refractivity contribution is -0.583. The van der Waals surface area contributed by atoms with Crippen molar-refractivity contribution in [2.45, 2.75) is 18.7 Å². The molecule has 2 N–H and O–H groups in total. The van der Waals surface area contributed by atoms with E-state index < -0.39 is 69.3 Å². The van der Waals surface area contributed by atoms with Crippen molar-refractivity contribution >= 4 is 5.97 Å². The van der Waals surface area contributed by atoms with Crippen molar-refractivity contribution in [2.24, 2.45) is 0 Å². The maximum atomic E-state index is 15.0. The number of rotatable bonds is 5. The minimum absolute atomic E-state index is 0.109. The molecule has 1 aliphatic heterocycles. The van der Waals surface area contributed by atoms with E-state index in [2.05, 4.69) is 4.74 Å². The summed E-state index contributed by atoms with van der Waals surface area (Å²) in [6.45, 7) is 0. The summed E-state index contributed by atoms with van der Waals surface area (Å²) in [7, 11) is 0. The molecule has 2 heterocycles. The highest BCUT2D eigenvalue weighted by molar-refractivity contribution is 5.76. The van der Waals surface area contributed by atoms with Crippen molar-refractivity contribution in [3.05, 3.63) is 86.1 Å². The van der Waals surface area contributed by atoms with Gasteiger partial charge in [-0.1, -0.05) is 18.2 Å². The molecule has 0 aliphatic carbocycles. The largest absolute Gasteiger partial charge is 0.573 e. The Morgan fingerprint density at radius 2 is 1.83 bits per heavy atom. The second kappa shape index (κ2) is 8.39. The van der Waals surface area contributed by atoms with Gasteiger partial charge in [-0.25, -0.2) is 9.18 Å². The van der Waals surface area contributed by atoms with E-state index in [1.54, 1.807) is 0 Å². The molecule has 4 rings (SSSR count). The van der Waals surface area contributed by atoms with Gasteiger partial charge in [0.25, 0.3) is 5.56 Å². The second-order valence-corrected chi connectivity index (χ2v) is 7.25. The Bertz CT molecular complexity index is 1420. The fourth-order valence-corrected chi connectivity index (χ4v) is 3.68.